The van der Waals surface area contributed by atoms with Crippen LogP contribution < -0.4 is 21.3 Å². The van der Waals surface area contributed by atoms with Gasteiger partial charge in [0, 0.05) is 38.8 Å². The second kappa shape index (κ2) is 25.3. The molecule has 2 fully saturated rings. The van der Waals surface area contributed by atoms with Gasteiger partial charge in [-0.2, -0.15) is 5.06 Å². The molecule has 0 bridgehead atoms. The van der Waals surface area contributed by atoms with Gasteiger partial charge in [0.15, 0.2) is 0 Å². The molecule has 2 saturated heterocycles. The van der Waals surface area contributed by atoms with Gasteiger partial charge in [-0.15, -0.1) is 5.06 Å². The standard InChI is InChI=1S/C14H21N3O8.C10H18N2O6.C4H5NO3/c1-23-13(21)15-8-4-3-5-9(16-14(22)24-2)12(20)25-17-10(18)6-7-11(17)19;1-17-9(15)11-6-4-3-5-7(8(13)14)12-10(16)18-2;6-3-1-2-4(7)5(3)8/h9H,3-8H2,1-2H3,(H,15,21)(H,16,22);7H,3-6H2,1-2H3,(H,11,15)(H,12,16)(H,13,14);8H,1-2H2. The van der Waals surface area contributed by atoms with E-state index < -0.39 is 72.0 Å². The molecule has 0 aromatic carbocycles. The first-order chi connectivity index (χ1) is 24.1. The molecule has 0 aromatic rings. The van der Waals surface area contributed by atoms with Crippen molar-refractivity contribution in [3.8, 4) is 0 Å². The van der Waals surface area contributed by atoms with Crippen LogP contribution in [-0.2, 0) is 52.6 Å². The summed E-state index contributed by atoms with van der Waals surface area (Å²) >= 11 is 0. The van der Waals surface area contributed by atoms with Crippen LogP contribution >= 0.6 is 0 Å². The van der Waals surface area contributed by atoms with Crippen LogP contribution in [0.25, 0.3) is 0 Å². The van der Waals surface area contributed by atoms with Gasteiger partial charge in [-0.05, 0) is 38.5 Å². The smallest absolute Gasteiger partial charge is 0.407 e. The van der Waals surface area contributed by atoms with Crippen LogP contribution in [0.4, 0.5) is 19.2 Å². The maximum absolute atomic E-state index is 12.1. The SMILES string of the molecule is COC(=O)NCCCCC(NC(=O)OC)C(=O)O.COC(=O)NCCCCC(NC(=O)OC)C(=O)ON1C(=O)CCC1=O.O=C1CCC(=O)N1O. The Kier molecular flexibility index (Phi) is 22.4. The van der Waals surface area contributed by atoms with Gasteiger partial charge in [0.2, 0.25) is 0 Å². The van der Waals surface area contributed by atoms with Gasteiger partial charge in [-0.1, -0.05) is 0 Å². The molecule has 0 radical (unpaired) electrons. The van der Waals surface area contributed by atoms with E-state index in [2.05, 4.69) is 40.2 Å². The van der Waals surface area contributed by atoms with Gasteiger partial charge in [0.1, 0.15) is 12.1 Å². The van der Waals surface area contributed by atoms with Crippen molar-refractivity contribution in [1.29, 1.82) is 0 Å². The lowest BCUT2D eigenvalue weighted by Gasteiger charge is -2.19. The number of nitrogens with one attached hydrogen (secondary N) is 4. The number of hydrogen-bond donors (Lipinski definition) is 6. The molecule has 2 rings (SSSR count). The molecule has 0 aromatic heterocycles. The van der Waals surface area contributed by atoms with Crippen LogP contribution in [0.3, 0.4) is 0 Å². The van der Waals surface area contributed by atoms with Gasteiger partial charge >= 0.3 is 36.3 Å². The molecule has 6 N–H and O–H groups in total. The molecule has 2 atom stereocenters. The zero-order chi connectivity index (χ0) is 38.9. The number of imide groups is 2. The summed E-state index contributed by atoms with van der Waals surface area (Å²) in [5.74, 6) is -4.31. The zero-order valence-electron chi connectivity index (χ0n) is 28.6. The Balaban J connectivity index is 0.000000831. The Labute approximate surface area is 291 Å². The molecule has 288 valence electrons. The van der Waals surface area contributed by atoms with Crippen LogP contribution in [0.15, 0.2) is 0 Å². The summed E-state index contributed by atoms with van der Waals surface area (Å²) in [6, 6.07) is -2.10. The normalized spacial score (nSPS) is 14.4. The minimum Gasteiger partial charge on any atom is -0.480 e. The lowest BCUT2D eigenvalue weighted by Crippen LogP contribution is -2.45. The molecule has 2 aliphatic heterocycles. The highest BCUT2D eigenvalue weighted by Crippen LogP contribution is 2.14. The monoisotopic (exact) mass is 736 g/mol. The van der Waals surface area contributed by atoms with E-state index in [1.54, 1.807) is 0 Å². The highest BCUT2D eigenvalue weighted by molar-refractivity contribution is 6.02. The molecule has 0 spiro atoms. The number of hydrogen-bond acceptors (Lipinski definition) is 16. The van der Waals surface area contributed by atoms with Crippen LogP contribution in [0.1, 0.15) is 64.2 Å². The number of carboxylic acids is 1. The number of carboxylic acid groups (broad SMARTS) is 1. The van der Waals surface area contributed by atoms with Crippen molar-refractivity contribution in [2.75, 3.05) is 41.5 Å². The van der Waals surface area contributed by atoms with E-state index in [0.717, 1.165) is 14.2 Å². The zero-order valence-corrected chi connectivity index (χ0v) is 28.6. The molecule has 0 saturated carbocycles. The highest BCUT2D eigenvalue weighted by atomic mass is 16.7. The van der Waals surface area contributed by atoms with Gasteiger partial charge in [-0.3, -0.25) is 24.4 Å². The van der Waals surface area contributed by atoms with Crippen LogP contribution in [0, 0.1) is 0 Å². The maximum atomic E-state index is 12.1. The molecule has 23 heteroatoms. The highest BCUT2D eigenvalue weighted by Gasteiger charge is 2.35. The number of carbonyl (C=O) groups excluding carboxylic acids is 9. The summed E-state index contributed by atoms with van der Waals surface area (Å²) < 4.78 is 17.5. The van der Waals surface area contributed by atoms with E-state index in [-0.39, 0.29) is 43.6 Å². The Bertz CT molecular complexity index is 1210. The largest absolute Gasteiger partial charge is 0.480 e. The second-order valence-corrected chi connectivity index (χ2v) is 10.1. The molecule has 2 unspecified atom stereocenters. The third kappa shape index (κ3) is 19.1. The fourth-order valence-electron chi connectivity index (χ4n) is 3.76. The van der Waals surface area contributed by atoms with Crippen LogP contribution in [0.5, 0.6) is 0 Å². The first-order valence-corrected chi connectivity index (χ1v) is 15.3. The number of aliphatic carboxylic acids is 1. The first kappa shape index (κ1) is 45.3. The Hall–Kier alpha value is -5.74. The fourth-order valence-corrected chi connectivity index (χ4v) is 3.76. The molecular weight excluding hydrogens is 692 g/mol. The van der Waals surface area contributed by atoms with Gasteiger partial charge in [0.05, 0.1) is 28.4 Å². The lowest BCUT2D eigenvalue weighted by molar-refractivity contribution is -0.199. The van der Waals surface area contributed by atoms with E-state index >= 15 is 0 Å². The Morgan fingerprint density at radius 2 is 0.980 bits per heavy atom. The van der Waals surface area contributed by atoms with Gasteiger partial charge in [0.25, 0.3) is 23.6 Å². The molecule has 8 amide bonds. The summed E-state index contributed by atoms with van der Waals surface area (Å²) in [5, 5.41) is 27.2. The van der Waals surface area contributed by atoms with E-state index in [0.29, 0.717) is 43.8 Å². The number of unbranched alkanes of at least 4 members (excludes halogenated alkanes) is 2. The summed E-state index contributed by atoms with van der Waals surface area (Å²) in [5.41, 5.74) is 0. The predicted molar refractivity (Wildman–Crippen MR) is 165 cm³/mol. The fraction of sp³-hybridized carbons (Fsp3) is 0.643. The maximum Gasteiger partial charge on any atom is 0.407 e. The molecule has 2 heterocycles. The van der Waals surface area contributed by atoms with Crippen molar-refractivity contribution in [2.24, 2.45) is 0 Å². The number of amides is 8. The van der Waals surface area contributed by atoms with E-state index in [9.17, 15) is 47.9 Å². The number of rotatable bonds is 15. The number of nitrogens with zero attached hydrogens (tertiary/aromatic N) is 2. The third-order valence-electron chi connectivity index (χ3n) is 6.50. The average molecular weight is 737 g/mol. The van der Waals surface area contributed by atoms with E-state index in [1.165, 1.54) is 14.2 Å². The molecule has 51 heavy (non-hydrogen) atoms. The Morgan fingerprint density at radius 1 is 0.608 bits per heavy atom. The average Bonchev–Trinajstić information content (AvgIpc) is 3.59. The topological polar surface area (TPSA) is 312 Å². The summed E-state index contributed by atoms with van der Waals surface area (Å²) in [4.78, 5) is 115. The third-order valence-corrected chi connectivity index (χ3v) is 6.50. The van der Waals surface area contributed by atoms with Gasteiger partial charge < -0.3 is 50.2 Å². The molecule has 23 nitrogen and oxygen atoms in total. The minimum atomic E-state index is -1.12. The predicted octanol–water partition coefficient (Wildman–Crippen LogP) is -0.309. The van der Waals surface area contributed by atoms with Crippen molar-refractivity contribution in [3.05, 3.63) is 0 Å². The molecular formula is C28H44N6O17. The minimum absolute atomic E-state index is 0.0274. The van der Waals surface area contributed by atoms with Crippen LogP contribution in [0.2, 0.25) is 0 Å². The van der Waals surface area contributed by atoms with E-state index in [4.69, 9.17) is 15.2 Å². The number of alkyl carbamates (subject to hydrolysis) is 4. The van der Waals surface area contributed by atoms with Crippen LogP contribution in [-0.4, -0.2) is 134 Å². The number of carbonyl (C=O) groups is 10. The molecule has 2 aliphatic rings. The van der Waals surface area contributed by atoms with Gasteiger partial charge in [-0.25, -0.2) is 28.8 Å². The van der Waals surface area contributed by atoms with Crippen molar-refractivity contribution in [1.82, 2.24) is 31.4 Å². The second-order valence-electron chi connectivity index (χ2n) is 10.1. The quantitative estimate of drug-likeness (QED) is 0.0543. The van der Waals surface area contributed by atoms with Crippen molar-refractivity contribution in [2.45, 2.75) is 76.3 Å². The Morgan fingerprint density at radius 3 is 1.33 bits per heavy atom. The molecule has 0 aliphatic carbocycles. The summed E-state index contributed by atoms with van der Waals surface area (Å²) in [6.07, 6.45) is -0.0202. The number of ether oxygens (including phenoxy) is 4. The number of hydroxylamine groups is 4. The van der Waals surface area contributed by atoms with Crippen molar-refractivity contribution in [3.63, 3.8) is 0 Å². The summed E-state index contributed by atoms with van der Waals surface area (Å²) in [6.45, 7) is 0.701. The number of methoxy groups -OCH3 is 4. The summed E-state index contributed by atoms with van der Waals surface area (Å²) in [7, 11) is 4.79. The lowest BCUT2D eigenvalue weighted by atomic mass is 10.1. The van der Waals surface area contributed by atoms with Crippen molar-refractivity contribution >= 4 is 59.9 Å². The first-order valence-electron chi connectivity index (χ1n) is 15.3. The van der Waals surface area contributed by atoms with Crippen molar-refractivity contribution < 1.29 is 82.0 Å². The van der Waals surface area contributed by atoms with E-state index in [1.807, 2.05) is 0 Å².